The van der Waals surface area contributed by atoms with Gasteiger partial charge in [-0.15, -0.1) is 0 Å². The van der Waals surface area contributed by atoms with E-state index >= 15 is 0 Å². The highest BCUT2D eigenvalue weighted by Gasteiger charge is 2.16. The second kappa shape index (κ2) is 8.24. The maximum absolute atomic E-state index is 2.40. The Hall–Kier alpha value is -0.526. The third-order valence-corrected chi connectivity index (χ3v) is 10.5. The molecule has 0 aliphatic heterocycles. The molecule has 0 fully saturated rings. The minimum Gasteiger partial charge on any atom is -0.0669 e. The molecule has 0 saturated carbocycles. The standard InChI is InChI=1S/C20H30P2Si2/c1-23(2,3)19-11-7-17(8-12-19)21-15-16-22-18-9-13-20(14-10-18)24(4,5)6/h7-16,21-22H,1-6H3/b16-15-. The first-order valence-electron chi connectivity index (χ1n) is 8.55. The van der Waals surface area contributed by atoms with E-state index in [1.54, 1.807) is 10.4 Å². The van der Waals surface area contributed by atoms with Gasteiger partial charge in [-0.05, 0) is 10.6 Å². The molecular weight excluding hydrogens is 358 g/mol. The van der Waals surface area contributed by atoms with Crippen molar-refractivity contribution in [1.82, 2.24) is 0 Å². The van der Waals surface area contributed by atoms with Crippen molar-refractivity contribution in [1.29, 1.82) is 0 Å². The van der Waals surface area contributed by atoms with Gasteiger partial charge in [0.15, 0.2) is 0 Å². The SMILES string of the molecule is C[Si](C)(C)c1ccc(P/C=C\Pc2ccc([Si](C)(C)C)cc2)cc1. The van der Waals surface area contributed by atoms with Gasteiger partial charge in [0.25, 0.3) is 0 Å². The second-order valence-electron chi connectivity index (χ2n) is 8.28. The summed E-state index contributed by atoms with van der Waals surface area (Å²) < 4.78 is 0. The lowest BCUT2D eigenvalue weighted by molar-refractivity contribution is 1.71. The summed E-state index contributed by atoms with van der Waals surface area (Å²) in [6.45, 7) is 14.4. The van der Waals surface area contributed by atoms with Crippen molar-refractivity contribution in [3.8, 4) is 0 Å². The van der Waals surface area contributed by atoms with Crippen LogP contribution in [0.15, 0.2) is 60.2 Å². The molecule has 128 valence electrons. The topological polar surface area (TPSA) is 0 Å². The Morgan fingerprint density at radius 2 is 0.833 bits per heavy atom. The highest BCUT2D eigenvalue weighted by Crippen LogP contribution is 2.19. The Labute approximate surface area is 153 Å². The highest BCUT2D eigenvalue weighted by molar-refractivity contribution is 7.54. The van der Waals surface area contributed by atoms with Gasteiger partial charge in [0.1, 0.15) is 0 Å². The number of hydrogen-bond acceptors (Lipinski definition) is 0. The average Bonchev–Trinajstić information content (AvgIpc) is 2.51. The zero-order valence-corrected chi connectivity index (χ0v) is 19.8. The van der Waals surface area contributed by atoms with Gasteiger partial charge in [0.05, 0.1) is 16.1 Å². The fraction of sp³-hybridized carbons (Fsp3) is 0.300. The van der Waals surface area contributed by atoms with Crippen LogP contribution in [0.25, 0.3) is 0 Å². The maximum Gasteiger partial charge on any atom is 0.0775 e. The molecule has 2 atom stereocenters. The monoisotopic (exact) mass is 388 g/mol. The largest absolute Gasteiger partial charge is 0.0775 e. The summed E-state index contributed by atoms with van der Waals surface area (Å²) in [4.78, 5) is 0. The number of benzene rings is 2. The molecule has 0 amide bonds. The van der Waals surface area contributed by atoms with Gasteiger partial charge in [0.2, 0.25) is 0 Å². The van der Waals surface area contributed by atoms with E-state index in [0.29, 0.717) is 0 Å². The molecule has 0 saturated heterocycles. The maximum atomic E-state index is 2.40. The first-order valence-corrected chi connectivity index (χ1v) is 17.7. The molecule has 0 heterocycles. The van der Waals surface area contributed by atoms with Gasteiger partial charge in [-0.1, -0.05) is 127 Å². The summed E-state index contributed by atoms with van der Waals surface area (Å²) in [5.41, 5.74) is 0. The molecular formula is C20H30P2Si2. The molecule has 2 unspecified atom stereocenters. The second-order valence-corrected chi connectivity index (χ2v) is 20.8. The summed E-state index contributed by atoms with van der Waals surface area (Å²) in [5, 5.41) is 5.97. The molecule has 0 aliphatic carbocycles. The van der Waals surface area contributed by atoms with Crippen LogP contribution in [0.2, 0.25) is 39.3 Å². The molecule has 2 aromatic carbocycles. The predicted octanol–water partition coefficient (Wildman–Crippen LogP) is 4.56. The summed E-state index contributed by atoms with van der Waals surface area (Å²) in [5.74, 6) is 4.68. The van der Waals surface area contributed by atoms with Crippen LogP contribution in [0.1, 0.15) is 0 Å². The van der Waals surface area contributed by atoms with Crippen LogP contribution in [-0.2, 0) is 0 Å². The van der Waals surface area contributed by atoms with Crippen molar-refractivity contribution in [2.24, 2.45) is 0 Å². The van der Waals surface area contributed by atoms with Gasteiger partial charge in [-0.3, -0.25) is 0 Å². The molecule has 0 nitrogen and oxygen atoms in total. The lowest BCUT2D eigenvalue weighted by atomic mass is 10.4. The Morgan fingerprint density at radius 1 is 0.542 bits per heavy atom. The molecule has 0 aromatic heterocycles. The molecule has 2 aromatic rings. The van der Waals surface area contributed by atoms with Crippen molar-refractivity contribution >= 4 is 54.3 Å². The van der Waals surface area contributed by atoms with Crippen LogP contribution >= 0.6 is 17.2 Å². The van der Waals surface area contributed by atoms with E-state index in [9.17, 15) is 0 Å². The Morgan fingerprint density at radius 3 is 1.08 bits per heavy atom. The van der Waals surface area contributed by atoms with Gasteiger partial charge in [-0.25, -0.2) is 0 Å². The Bertz CT molecular complexity index is 614. The van der Waals surface area contributed by atoms with Crippen LogP contribution in [0.3, 0.4) is 0 Å². The van der Waals surface area contributed by atoms with E-state index in [4.69, 9.17) is 0 Å². The van der Waals surface area contributed by atoms with Crippen LogP contribution in [0.4, 0.5) is 0 Å². The van der Waals surface area contributed by atoms with Gasteiger partial charge in [0, 0.05) is 0 Å². The van der Waals surface area contributed by atoms with Crippen LogP contribution in [0.5, 0.6) is 0 Å². The van der Waals surface area contributed by atoms with E-state index < -0.39 is 16.1 Å². The lowest BCUT2D eigenvalue weighted by Gasteiger charge is -2.16. The molecule has 24 heavy (non-hydrogen) atoms. The van der Waals surface area contributed by atoms with Gasteiger partial charge >= 0.3 is 0 Å². The van der Waals surface area contributed by atoms with Crippen molar-refractivity contribution in [3.63, 3.8) is 0 Å². The molecule has 0 radical (unpaired) electrons. The van der Waals surface area contributed by atoms with Crippen LogP contribution in [0, 0.1) is 0 Å². The molecule has 2 rings (SSSR count). The Kier molecular flexibility index (Phi) is 6.79. The molecule has 0 spiro atoms. The predicted molar refractivity (Wildman–Crippen MR) is 124 cm³/mol. The van der Waals surface area contributed by atoms with Crippen molar-refractivity contribution in [2.45, 2.75) is 39.3 Å². The van der Waals surface area contributed by atoms with E-state index in [0.717, 1.165) is 17.2 Å². The van der Waals surface area contributed by atoms with E-state index in [1.165, 1.54) is 10.6 Å². The lowest BCUT2D eigenvalue weighted by Crippen LogP contribution is -2.37. The van der Waals surface area contributed by atoms with Gasteiger partial charge < -0.3 is 0 Å². The molecule has 0 N–H and O–H groups in total. The summed E-state index contributed by atoms with van der Waals surface area (Å²) >= 11 is 0. The number of rotatable bonds is 6. The van der Waals surface area contributed by atoms with Crippen molar-refractivity contribution in [2.75, 3.05) is 0 Å². The Balaban J connectivity index is 1.88. The highest BCUT2D eigenvalue weighted by atomic mass is 31.1. The average molecular weight is 389 g/mol. The number of hydrogen-bond donors (Lipinski definition) is 0. The zero-order valence-electron chi connectivity index (χ0n) is 15.8. The van der Waals surface area contributed by atoms with Crippen molar-refractivity contribution < 1.29 is 0 Å². The molecule has 4 heteroatoms. The summed E-state index contributed by atoms with van der Waals surface area (Å²) in [6.07, 6.45) is 0. The molecule has 0 aliphatic rings. The minimum atomic E-state index is -1.17. The normalized spacial score (nSPS) is 13.8. The zero-order chi connectivity index (χ0) is 17.8. The van der Waals surface area contributed by atoms with Crippen LogP contribution in [-0.4, -0.2) is 16.1 Å². The van der Waals surface area contributed by atoms with E-state index in [1.807, 2.05) is 0 Å². The fourth-order valence-corrected chi connectivity index (χ4v) is 6.51. The van der Waals surface area contributed by atoms with E-state index in [-0.39, 0.29) is 0 Å². The minimum absolute atomic E-state index is 0.773. The van der Waals surface area contributed by atoms with E-state index in [2.05, 4.69) is 99.4 Å². The summed E-state index contributed by atoms with van der Waals surface area (Å²) in [7, 11) is -0.789. The first kappa shape index (κ1) is 19.8. The smallest absolute Gasteiger partial charge is 0.0669 e. The fourth-order valence-electron chi connectivity index (χ4n) is 2.41. The van der Waals surface area contributed by atoms with Crippen molar-refractivity contribution in [3.05, 3.63) is 60.2 Å². The van der Waals surface area contributed by atoms with Crippen LogP contribution < -0.4 is 21.0 Å². The first-order chi connectivity index (χ1) is 11.2. The van der Waals surface area contributed by atoms with Gasteiger partial charge in [-0.2, -0.15) is 0 Å². The summed E-state index contributed by atoms with van der Waals surface area (Å²) in [6, 6.07) is 18.6. The third kappa shape index (κ3) is 6.08. The third-order valence-electron chi connectivity index (χ3n) is 4.09. The molecule has 0 bridgehead atoms. The quantitative estimate of drug-likeness (QED) is 0.503.